The first-order valence-electron chi connectivity index (χ1n) is 5.71. The Balaban J connectivity index is 2.41. The molecule has 2 aromatic rings. The number of hydrogen-bond acceptors (Lipinski definition) is 4. The quantitative estimate of drug-likeness (QED) is 0.745. The Morgan fingerprint density at radius 1 is 1.26 bits per heavy atom. The first-order valence-corrected chi connectivity index (χ1v) is 7.66. The van der Waals surface area contributed by atoms with E-state index >= 15 is 0 Å². The zero-order chi connectivity index (χ0) is 17.4. The third kappa shape index (κ3) is 4.00. The van der Waals surface area contributed by atoms with E-state index in [9.17, 15) is 18.0 Å². The molecule has 0 saturated carbocycles. The van der Waals surface area contributed by atoms with Gasteiger partial charge < -0.3 is 10.1 Å². The number of hydrogen-bond donors (Lipinski definition) is 1. The number of ether oxygens (including phenoxy) is 1. The number of aromatic nitrogens is 1. The van der Waals surface area contributed by atoms with Crippen molar-refractivity contribution in [2.24, 2.45) is 0 Å². The van der Waals surface area contributed by atoms with E-state index in [4.69, 9.17) is 34.8 Å². The molecule has 1 amide bonds. The smallest absolute Gasteiger partial charge is 0.435 e. The fourth-order valence-corrected chi connectivity index (χ4v) is 3.27. The van der Waals surface area contributed by atoms with Gasteiger partial charge in [-0.3, -0.25) is 4.79 Å². The molecule has 23 heavy (non-hydrogen) atoms. The zero-order valence-electron chi connectivity index (χ0n) is 11.1. The lowest BCUT2D eigenvalue weighted by Gasteiger charge is -2.10. The number of amides is 1. The van der Waals surface area contributed by atoms with Crippen LogP contribution in [0.25, 0.3) is 0 Å². The number of carbonyl (C=O) groups is 1. The van der Waals surface area contributed by atoms with E-state index in [0.717, 1.165) is 7.11 Å². The van der Waals surface area contributed by atoms with Gasteiger partial charge in [-0.05, 0) is 12.1 Å². The molecule has 2 rings (SSSR count). The molecule has 0 aliphatic heterocycles. The van der Waals surface area contributed by atoms with Crippen LogP contribution < -0.4 is 10.1 Å². The second-order valence-corrected chi connectivity index (χ2v) is 6.27. The summed E-state index contributed by atoms with van der Waals surface area (Å²) in [5, 5.41) is 2.12. The number of alkyl halides is 3. The Hall–Kier alpha value is -1.22. The second-order valence-electron chi connectivity index (χ2n) is 4.06. The summed E-state index contributed by atoms with van der Waals surface area (Å²) >= 11 is 18.0. The lowest BCUT2D eigenvalue weighted by atomic mass is 10.3. The van der Waals surface area contributed by atoms with E-state index in [-0.39, 0.29) is 25.9 Å². The minimum Gasteiger partial charge on any atom is -0.473 e. The van der Waals surface area contributed by atoms with Crippen molar-refractivity contribution in [1.29, 1.82) is 0 Å². The maximum Gasteiger partial charge on any atom is 0.435 e. The largest absolute Gasteiger partial charge is 0.473 e. The van der Waals surface area contributed by atoms with Crippen molar-refractivity contribution in [2.45, 2.75) is 6.18 Å². The van der Waals surface area contributed by atoms with Gasteiger partial charge in [0, 0.05) is 5.02 Å². The predicted octanol–water partition coefficient (Wildman–Crippen LogP) is 5.38. The number of anilines is 1. The predicted molar refractivity (Wildman–Crippen MR) is 83.1 cm³/mol. The fourth-order valence-electron chi connectivity index (χ4n) is 1.57. The van der Waals surface area contributed by atoms with Gasteiger partial charge in [-0.25, -0.2) is 0 Å². The minimum absolute atomic E-state index is 0.0131. The van der Waals surface area contributed by atoms with Crippen LogP contribution in [-0.2, 0) is 6.18 Å². The minimum atomic E-state index is -4.81. The summed E-state index contributed by atoms with van der Waals surface area (Å²) in [4.78, 5) is 14.7. The molecule has 0 bridgehead atoms. The lowest BCUT2D eigenvalue weighted by molar-refractivity contribution is -0.141. The standard InChI is InChI=1S/C12H6Cl3F3N2O2S/c1-22-11-20-9(12(16,17)18)8(23-11)10(21)19-7-5(14)2-4(13)3-6(7)15/h2-3H,1H3,(H,19,21). The fraction of sp³-hybridized carbons (Fsp3) is 0.167. The summed E-state index contributed by atoms with van der Waals surface area (Å²) in [6.07, 6.45) is -4.81. The molecule has 11 heteroatoms. The van der Waals surface area contributed by atoms with Crippen molar-refractivity contribution in [3.8, 4) is 5.19 Å². The number of benzene rings is 1. The number of nitrogens with one attached hydrogen (secondary N) is 1. The van der Waals surface area contributed by atoms with Gasteiger partial charge in [-0.15, -0.1) is 0 Å². The average Bonchev–Trinajstić information content (AvgIpc) is 2.87. The molecule has 0 radical (unpaired) electrons. The van der Waals surface area contributed by atoms with Gasteiger partial charge in [0.2, 0.25) is 0 Å². The Labute approximate surface area is 147 Å². The number of rotatable bonds is 3. The van der Waals surface area contributed by atoms with Crippen LogP contribution in [0.15, 0.2) is 12.1 Å². The molecule has 1 N–H and O–H groups in total. The van der Waals surface area contributed by atoms with Crippen molar-refractivity contribution in [2.75, 3.05) is 12.4 Å². The molecule has 0 aliphatic carbocycles. The van der Waals surface area contributed by atoms with Crippen molar-refractivity contribution in [1.82, 2.24) is 4.98 Å². The summed E-state index contributed by atoms with van der Waals surface area (Å²) in [5.74, 6) is -1.07. The van der Waals surface area contributed by atoms with Gasteiger partial charge in [0.05, 0.1) is 22.8 Å². The van der Waals surface area contributed by atoms with Crippen molar-refractivity contribution >= 4 is 57.7 Å². The molecule has 0 saturated heterocycles. The van der Waals surface area contributed by atoms with E-state index < -0.39 is 22.7 Å². The Morgan fingerprint density at radius 2 is 1.83 bits per heavy atom. The molecule has 4 nitrogen and oxygen atoms in total. The molecule has 1 aromatic heterocycles. The van der Waals surface area contributed by atoms with Gasteiger partial charge in [0.1, 0.15) is 4.88 Å². The van der Waals surface area contributed by atoms with Crippen molar-refractivity contribution in [3.05, 3.63) is 37.8 Å². The van der Waals surface area contributed by atoms with E-state index in [2.05, 4.69) is 15.0 Å². The first kappa shape index (κ1) is 18.1. The Morgan fingerprint density at radius 3 is 2.30 bits per heavy atom. The summed E-state index contributed by atoms with van der Waals surface area (Å²) in [6.45, 7) is 0. The van der Waals surface area contributed by atoms with Gasteiger partial charge in [-0.1, -0.05) is 46.1 Å². The van der Waals surface area contributed by atoms with E-state index in [1.807, 2.05) is 0 Å². The molecular weight excluding hydrogens is 400 g/mol. The van der Waals surface area contributed by atoms with Crippen molar-refractivity contribution < 1.29 is 22.7 Å². The molecule has 0 fully saturated rings. The Bertz CT molecular complexity index is 741. The van der Waals surface area contributed by atoms with Crippen LogP contribution in [0.5, 0.6) is 5.19 Å². The van der Waals surface area contributed by atoms with Gasteiger partial charge in [-0.2, -0.15) is 18.2 Å². The van der Waals surface area contributed by atoms with Crippen LogP contribution in [0.2, 0.25) is 15.1 Å². The summed E-state index contributed by atoms with van der Waals surface area (Å²) in [7, 11) is 1.15. The second kappa shape index (κ2) is 6.72. The Kier molecular flexibility index (Phi) is 5.30. The average molecular weight is 406 g/mol. The summed E-state index contributed by atoms with van der Waals surface area (Å²) < 4.78 is 43.5. The molecule has 0 spiro atoms. The number of halogens is 6. The summed E-state index contributed by atoms with van der Waals surface area (Å²) in [5.41, 5.74) is -1.40. The third-order valence-corrected chi connectivity index (χ3v) is 4.33. The van der Waals surface area contributed by atoms with Crippen molar-refractivity contribution in [3.63, 3.8) is 0 Å². The van der Waals surface area contributed by atoms with Gasteiger partial charge in [0.15, 0.2) is 5.69 Å². The lowest BCUT2D eigenvalue weighted by Crippen LogP contribution is -2.17. The third-order valence-electron chi connectivity index (χ3n) is 2.50. The van der Waals surface area contributed by atoms with E-state index in [0.29, 0.717) is 11.3 Å². The summed E-state index contributed by atoms with van der Waals surface area (Å²) in [6, 6.07) is 2.59. The first-order chi connectivity index (χ1) is 10.6. The van der Waals surface area contributed by atoms with Gasteiger partial charge >= 0.3 is 6.18 Å². The van der Waals surface area contributed by atoms with Crippen LogP contribution in [-0.4, -0.2) is 18.0 Å². The molecule has 0 atom stereocenters. The maximum absolute atomic E-state index is 12.9. The van der Waals surface area contributed by atoms with Crippen LogP contribution in [0, 0.1) is 0 Å². The molecular formula is C12H6Cl3F3N2O2S. The number of carbonyl (C=O) groups excluding carboxylic acids is 1. The molecule has 1 heterocycles. The maximum atomic E-state index is 12.9. The number of thiazole rings is 1. The topological polar surface area (TPSA) is 51.2 Å². The van der Waals surface area contributed by atoms with Gasteiger partial charge in [0.25, 0.3) is 11.1 Å². The normalized spacial score (nSPS) is 11.4. The number of nitrogens with zero attached hydrogens (tertiary/aromatic N) is 1. The van der Waals surface area contributed by atoms with E-state index in [1.54, 1.807) is 0 Å². The monoisotopic (exact) mass is 404 g/mol. The molecule has 124 valence electrons. The highest BCUT2D eigenvalue weighted by atomic mass is 35.5. The van der Waals surface area contributed by atoms with Crippen LogP contribution in [0.1, 0.15) is 15.4 Å². The SMILES string of the molecule is COc1nc(C(F)(F)F)c(C(=O)Nc2c(Cl)cc(Cl)cc2Cl)s1. The van der Waals surface area contributed by atoms with Crippen LogP contribution in [0.3, 0.4) is 0 Å². The number of methoxy groups -OCH3 is 1. The van der Waals surface area contributed by atoms with Crippen LogP contribution >= 0.6 is 46.1 Å². The highest BCUT2D eigenvalue weighted by Crippen LogP contribution is 2.39. The van der Waals surface area contributed by atoms with E-state index in [1.165, 1.54) is 12.1 Å². The molecule has 0 aliphatic rings. The molecule has 0 unspecified atom stereocenters. The molecule has 1 aromatic carbocycles. The highest BCUT2D eigenvalue weighted by molar-refractivity contribution is 7.15. The highest BCUT2D eigenvalue weighted by Gasteiger charge is 2.40. The zero-order valence-corrected chi connectivity index (χ0v) is 14.2. The van der Waals surface area contributed by atoms with Crippen LogP contribution in [0.4, 0.5) is 18.9 Å².